The van der Waals surface area contributed by atoms with Crippen molar-refractivity contribution in [3.05, 3.63) is 0 Å². The SMILES string of the molecule is CN(CC1CC1)C(=O)CCCCBr. The molecule has 0 N–H and O–H groups in total. The van der Waals surface area contributed by atoms with Crippen molar-refractivity contribution in [2.45, 2.75) is 32.1 Å². The Morgan fingerprint density at radius 2 is 2.15 bits per heavy atom. The molecule has 0 unspecified atom stereocenters. The van der Waals surface area contributed by atoms with Gasteiger partial charge in [-0.1, -0.05) is 15.9 Å². The number of carbonyl (C=O) groups excluding carboxylic acids is 1. The summed E-state index contributed by atoms with van der Waals surface area (Å²) in [6.07, 6.45) is 5.47. The number of hydrogen-bond acceptors (Lipinski definition) is 1. The van der Waals surface area contributed by atoms with Crippen LogP contribution >= 0.6 is 15.9 Å². The Morgan fingerprint density at radius 3 is 2.69 bits per heavy atom. The first-order chi connectivity index (χ1) is 6.24. The summed E-state index contributed by atoms with van der Waals surface area (Å²) < 4.78 is 0. The molecule has 76 valence electrons. The van der Waals surface area contributed by atoms with Gasteiger partial charge in [0.1, 0.15) is 0 Å². The molecule has 3 heteroatoms. The van der Waals surface area contributed by atoms with E-state index in [4.69, 9.17) is 0 Å². The molecular formula is C10H18BrNO. The number of carbonyl (C=O) groups is 1. The van der Waals surface area contributed by atoms with Crippen molar-refractivity contribution >= 4 is 21.8 Å². The van der Waals surface area contributed by atoms with Gasteiger partial charge in [0.25, 0.3) is 0 Å². The molecule has 0 heterocycles. The number of hydrogen-bond donors (Lipinski definition) is 0. The van der Waals surface area contributed by atoms with E-state index in [0.717, 1.165) is 37.1 Å². The molecule has 1 saturated carbocycles. The predicted molar refractivity (Wildman–Crippen MR) is 58.0 cm³/mol. The van der Waals surface area contributed by atoms with Crippen LogP contribution in [0.1, 0.15) is 32.1 Å². The van der Waals surface area contributed by atoms with Crippen LogP contribution in [0.4, 0.5) is 0 Å². The topological polar surface area (TPSA) is 20.3 Å². The summed E-state index contributed by atoms with van der Waals surface area (Å²) in [7, 11) is 1.93. The average Bonchev–Trinajstić information content (AvgIpc) is 2.88. The molecule has 13 heavy (non-hydrogen) atoms. The van der Waals surface area contributed by atoms with E-state index in [1.807, 2.05) is 11.9 Å². The molecule has 2 nitrogen and oxygen atoms in total. The highest BCUT2D eigenvalue weighted by atomic mass is 79.9. The van der Waals surface area contributed by atoms with Gasteiger partial charge in [-0.25, -0.2) is 0 Å². The lowest BCUT2D eigenvalue weighted by Gasteiger charge is -2.16. The standard InChI is InChI=1S/C10H18BrNO/c1-12(8-9-5-6-9)10(13)4-2-3-7-11/h9H,2-8H2,1H3. The van der Waals surface area contributed by atoms with Gasteiger partial charge in [0.05, 0.1) is 0 Å². The fourth-order valence-corrected chi connectivity index (χ4v) is 1.75. The number of amides is 1. The quantitative estimate of drug-likeness (QED) is 0.522. The van der Waals surface area contributed by atoms with Crippen LogP contribution < -0.4 is 0 Å². The number of alkyl halides is 1. The third-order valence-corrected chi connectivity index (χ3v) is 2.99. The third kappa shape index (κ3) is 4.65. The molecule has 1 fully saturated rings. The summed E-state index contributed by atoms with van der Waals surface area (Å²) in [4.78, 5) is 13.4. The van der Waals surface area contributed by atoms with Gasteiger partial charge in [-0.3, -0.25) is 4.79 Å². The molecule has 0 aliphatic heterocycles. The van der Waals surface area contributed by atoms with Gasteiger partial charge < -0.3 is 4.90 Å². The van der Waals surface area contributed by atoms with E-state index in [2.05, 4.69) is 15.9 Å². The molecule has 0 bridgehead atoms. The average molecular weight is 248 g/mol. The van der Waals surface area contributed by atoms with Gasteiger partial charge in [0, 0.05) is 25.3 Å². The smallest absolute Gasteiger partial charge is 0.222 e. The fourth-order valence-electron chi connectivity index (χ4n) is 1.35. The maximum Gasteiger partial charge on any atom is 0.222 e. The van der Waals surface area contributed by atoms with Crippen LogP contribution in [0.2, 0.25) is 0 Å². The maximum atomic E-state index is 11.5. The minimum Gasteiger partial charge on any atom is -0.345 e. The monoisotopic (exact) mass is 247 g/mol. The molecule has 0 atom stereocenters. The van der Waals surface area contributed by atoms with Gasteiger partial charge in [-0.2, -0.15) is 0 Å². The summed E-state index contributed by atoms with van der Waals surface area (Å²) in [5, 5.41) is 1.01. The van der Waals surface area contributed by atoms with Crippen LogP contribution in [-0.4, -0.2) is 29.7 Å². The van der Waals surface area contributed by atoms with Crippen molar-refractivity contribution in [2.75, 3.05) is 18.9 Å². The van der Waals surface area contributed by atoms with Crippen molar-refractivity contribution in [1.29, 1.82) is 0 Å². The zero-order valence-corrected chi connectivity index (χ0v) is 9.85. The van der Waals surface area contributed by atoms with Gasteiger partial charge in [-0.15, -0.1) is 0 Å². The maximum absolute atomic E-state index is 11.5. The van der Waals surface area contributed by atoms with Crippen molar-refractivity contribution in [3.63, 3.8) is 0 Å². The lowest BCUT2D eigenvalue weighted by atomic mass is 10.2. The first-order valence-corrected chi connectivity index (χ1v) is 6.16. The Bertz CT molecular complexity index is 168. The van der Waals surface area contributed by atoms with E-state index in [-0.39, 0.29) is 0 Å². The second-order valence-electron chi connectivity index (χ2n) is 3.86. The minimum absolute atomic E-state index is 0.313. The first-order valence-electron chi connectivity index (χ1n) is 5.04. The fraction of sp³-hybridized carbons (Fsp3) is 0.900. The third-order valence-electron chi connectivity index (χ3n) is 2.43. The summed E-state index contributed by atoms with van der Waals surface area (Å²) in [5.74, 6) is 1.12. The second kappa shape index (κ2) is 5.63. The van der Waals surface area contributed by atoms with Gasteiger partial charge in [0.2, 0.25) is 5.91 Å². The van der Waals surface area contributed by atoms with Gasteiger partial charge >= 0.3 is 0 Å². The minimum atomic E-state index is 0.313. The van der Waals surface area contributed by atoms with Crippen molar-refractivity contribution in [1.82, 2.24) is 4.90 Å². The molecule has 0 radical (unpaired) electrons. The predicted octanol–water partition coefficient (Wildman–Crippen LogP) is 2.42. The number of unbranched alkanes of at least 4 members (excludes halogenated alkanes) is 1. The Kier molecular flexibility index (Phi) is 4.78. The highest BCUT2D eigenvalue weighted by molar-refractivity contribution is 9.09. The molecule has 0 saturated heterocycles. The molecule has 1 aliphatic carbocycles. The number of halogens is 1. The highest BCUT2D eigenvalue weighted by Crippen LogP contribution is 2.29. The van der Waals surface area contributed by atoms with Crippen LogP contribution in [0.5, 0.6) is 0 Å². The van der Waals surface area contributed by atoms with Crippen molar-refractivity contribution < 1.29 is 4.79 Å². The zero-order valence-electron chi connectivity index (χ0n) is 8.26. The number of rotatable bonds is 6. The molecule has 1 aliphatic rings. The van der Waals surface area contributed by atoms with E-state index >= 15 is 0 Å². The molecular weight excluding hydrogens is 230 g/mol. The summed E-state index contributed by atoms with van der Waals surface area (Å²) in [5.41, 5.74) is 0. The van der Waals surface area contributed by atoms with Crippen LogP contribution in [0.15, 0.2) is 0 Å². The Hall–Kier alpha value is -0.0500. The summed E-state index contributed by atoms with van der Waals surface area (Å²) in [6.45, 7) is 0.979. The summed E-state index contributed by atoms with van der Waals surface area (Å²) >= 11 is 3.36. The molecule has 0 aromatic carbocycles. The Labute approximate surface area is 88.8 Å². The van der Waals surface area contributed by atoms with E-state index in [9.17, 15) is 4.79 Å². The highest BCUT2D eigenvalue weighted by Gasteiger charge is 2.24. The van der Waals surface area contributed by atoms with E-state index < -0.39 is 0 Å². The molecule has 0 aromatic rings. The lowest BCUT2D eigenvalue weighted by molar-refractivity contribution is -0.130. The van der Waals surface area contributed by atoms with Crippen LogP contribution in [-0.2, 0) is 4.79 Å². The largest absolute Gasteiger partial charge is 0.345 e. The molecule has 0 spiro atoms. The molecule has 0 aromatic heterocycles. The van der Waals surface area contributed by atoms with E-state index in [0.29, 0.717) is 5.91 Å². The first kappa shape index (κ1) is 11.0. The van der Waals surface area contributed by atoms with E-state index in [1.165, 1.54) is 12.8 Å². The zero-order chi connectivity index (χ0) is 9.68. The molecule has 1 amide bonds. The van der Waals surface area contributed by atoms with Gasteiger partial charge in [0.15, 0.2) is 0 Å². The normalized spacial score (nSPS) is 15.8. The van der Waals surface area contributed by atoms with Crippen LogP contribution in [0.3, 0.4) is 0 Å². The Morgan fingerprint density at radius 1 is 1.46 bits per heavy atom. The van der Waals surface area contributed by atoms with Crippen molar-refractivity contribution in [2.24, 2.45) is 5.92 Å². The Balaban J connectivity index is 2.05. The lowest BCUT2D eigenvalue weighted by Crippen LogP contribution is -2.28. The van der Waals surface area contributed by atoms with Gasteiger partial charge in [-0.05, 0) is 31.6 Å². The second-order valence-corrected chi connectivity index (χ2v) is 4.66. The van der Waals surface area contributed by atoms with Crippen molar-refractivity contribution in [3.8, 4) is 0 Å². The van der Waals surface area contributed by atoms with Crippen LogP contribution in [0.25, 0.3) is 0 Å². The number of nitrogens with zero attached hydrogens (tertiary/aromatic N) is 1. The molecule has 1 rings (SSSR count). The summed E-state index contributed by atoms with van der Waals surface area (Å²) in [6, 6.07) is 0. The van der Waals surface area contributed by atoms with E-state index in [1.54, 1.807) is 0 Å². The van der Waals surface area contributed by atoms with Crippen LogP contribution in [0, 0.1) is 5.92 Å².